The number of aromatic nitrogens is 4. The van der Waals surface area contributed by atoms with Crippen LogP contribution in [-0.2, 0) is 17.9 Å². The Labute approximate surface area is 196 Å². The predicted molar refractivity (Wildman–Crippen MR) is 128 cm³/mol. The number of hydrogen-bond acceptors (Lipinski definition) is 8. The lowest BCUT2D eigenvalue weighted by Gasteiger charge is -2.14. The van der Waals surface area contributed by atoms with Crippen LogP contribution in [0.1, 0.15) is 11.5 Å². The zero-order valence-electron chi connectivity index (χ0n) is 18.3. The van der Waals surface area contributed by atoms with Gasteiger partial charge in [-0.25, -0.2) is 9.36 Å². The number of carbonyl (C=O) groups excluding carboxylic acids is 1. The van der Waals surface area contributed by atoms with Gasteiger partial charge in [0.2, 0.25) is 18.2 Å². The Kier molecular flexibility index (Phi) is 5.46. The Morgan fingerprint density at radius 1 is 1.18 bits per heavy atom. The van der Waals surface area contributed by atoms with E-state index in [0.29, 0.717) is 21.7 Å². The summed E-state index contributed by atoms with van der Waals surface area (Å²) in [5.74, 6) is 0.178. The molecule has 0 unspecified atom stereocenters. The lowest BCUT2D eigenvalue weighted by atomic mass is 10.2. The number of rotatable bonds is 6. The second-order valence-corrected chi connectivity index (χ2v) is 8.67. The van der Waals surface area contributed by atoms with Crippen molar-refractivity contribution >= 4 is 43.2 Å². The summed E-state index contributed by atoms with van der Waals surface area (Å²) in [6.07, 6.45) is 1.12. The lowest BCUT2D eigenvalue weighted by Crippen LogP contribution is -2.41. The second-order valence-electron chi connectivity index (χ2n) is 7.62. The van der Waals surface area contributed by atoms with Crippen molar-refractivity contribution in [2.45, 2.75) is 20.0 Å². The maximum absolute atomic E-state index is 13.5. The molecule has 1 N–H and O–H groups in total. The molecule has 0 saturated carbocycles. The second kappa shape index (κ2) is 8.60. The monoisotopic (exact) mass is 477 g/mol. The normalized spacial score (nSPS) is 11.2. The van der Waals surface area contributed by atoms with E-state index in [1.807, 2.05) is 37.3 Å². The van der Waals surface area contributed by atoms with E-state index in [2.05, 4.69) is 15.5 Å². The van der Waals surface area contributed by atoms with Crippen molar-refractivity contribution < 1.29 is 13.9 Å². The molecule has 0 radical (unpaired) electrons. The highest BCUT2D eigenvalue weighted by Crippen LogP contribution is 2.31. The maximum Gasteiger partial charge on any atom is 0.332 e. The summed E-state index contributed by atoms with van der Waals surface area (Å²) in [6, 6.07) is 12.8. The van der Waals surface area contributed by atoms with Crippen molar-refractivity contribution in [2.24, 2.45) is 0 Å². The molecule has 0 atom stereocenters. The first kappa shape index (κ1) is 21.6. The van der Waals surface area contributed by atoms with Gasteiger partial charge in [0.15, 0.2) is 0 Å². The van der Waals surface area contributed by atoms with Gasteiger partial charge in [-0.15, -0.1) is 21.5 Å². The van der Waals surface area contributed by atoms with E-state index < -0.39 is 17.2 Å². The molecule has 11 heteroatoms. The average Bonchev–Trinajstić information content (AvgIpc) is 3.48. The van der Waals surface area contributed by atoms with Crippen LogP contribution < -0.4 is 21.3 Å². The number of nitrogens with zero attached hydrogens (tertiary/aromatic N) is 4. The fourth-order valence-corrected chi connectivity index (χ4v) is 4.97. The smallest absolute Gasteiger partial charge is 0.332 e. The third-order valence-electron chi connectivity index (χ3n) is 5.37. The van der Waals surface area contributed by atoms with E-state index in [-0.39, 0.29) is 19.0 Å². The van der Waals surface area contributed by atoms with Gasteiger partial charge in [-0.3, -0.25) is 14.2 Å². The third kappa shape index (κ3) is 3.75. The van der Waals surface area contributed by atoms with Crippen LogP contribution >= 0.6 is 11.3 Å². The van der Waals surface area contributed by atoms with Crippen LogP contribution in [0.2, 0.25) is 0 Å². The molecular weight excluding hydrogens is 458 g/mol. The van der Waals surface area contributed by atoms with Crippen molar-refractivity contribution in [1.29, 1.82) is 0 Å². The Hall–Kier alpha value is -4.25. The SMILES string of the molecule is COc1cc(C)ccc1NC(=O)Cn1c(=O)n(Cc2nnco2)c(=O)c2sc3ccccc3c21. The quantitative estimate of drug-likeness (QED) is 0.399. The molecule has 1 amide bonds. The Morgan fingerprint density at radius 3 is 2.76 bits per heavy atom. The largest absolute Gasteiger partial charge is 0.495 e. The minimum absolute atomic E-state index is 0.111. The molecule has 0 aliphatic carbocycles. The molecule has 5 aromatic rings. The number of fused-ring (bicyclic) bond motifs is 3. The van der Waals surface area contributed by atoms with Crippen LogP contribution in [0.5, 0.6) is 5.75 Å². The van der Waals surface area contributed by atoms with Gasteiger partial charge in [-0.05, 0) is 30.7 Å². The lowest BCUT2D eigenvalue weighted by molar-refractivity contribution is -0.116. The highest BCUT2D eigenvalue weighted by Gasteiger charge is 2.21. The van der Waals surface area contributed by atoms with Crippen LogP contribution in [0.25, 0.3) is 20.3 Å². The number of nitrogens with one attached hydrogen (secondary N) is 1. The van der Waals surface area contributed by atoms with Crippen molar-refractivity contribution in [2.75, 3.05) is 12.4 Å². The molecule has 0 fully saturated rings. The van der Waals surface area contributed by atoms with Gasteiger partial charge in [0.25, 0.3) is 5.56 Å². The van der Waals surface area contributed by atoms with Crippen LogP contribution in [0.4, 0.5) is 5.69 Å². The van der Waals surface area contributed by atoms with Gasteiger partial charge in [-0.1, -0.05) is 24.3 Å². The summed E-state index contributed by atoms with van der Waals surface area (Å²) in [7, 11) is 1.52. The van der Waals surface area contributed by atoms with Crippen molar-refractivity contribution in [3.05, 3.63) is 81.2 Å². The van der Waals surface area contributed by atoms with Crippen LogP contribution in [-0.4, -0.2) is 32.3 Å². The molecule has 0 bridgehead atoms. The van der Waals surface area contributed by atoms with Gasteiger partial charge in [0.05, 0.1) is 18.3 Å². The Bertz CT molecular complexity index is 1650. The fourth-order valence-electron chi connectivity index (χ4n) is 3.82. The molecule has 0 aliphatic heterocycles. The topological polar surface area (TPSA) is 121 Å². The molecule has 3 heterocycles. The number of benzene rings is 2. The van der Waals surface area contributed by atoms with Gasteiger partial charge in [0.1, 0.15) is 23.5 Å². The summed E-state index contributed by atoms with van der Waals surface area (Å²) in [5, 5.41) is 10.9. The minimum atomic E-state index is -0.648. The van der Waals surface area contributed by atoms with E-state index in [1.165, 1.54) is 23.0 Å². The van der Waals surface area contributed by atoms with E-state index in [0.717, 1.165) is 26.6 Å². The van der Waals surface area contributed by atoms with E-state index in [1.54, 1.807) is 12.1 Å². The summed E-state index contributed by atoms with van der Waals surface area (Å²) in [4.78, 5) is 39.8. The third-order valence-corrected chi connectivity index (χ3v) is 6.52. The van der Waals surface area contributed by atoms with Gasteiger partial charge in [0, 0.05) is 10.1 Å². The minimum Gasteiger partial charge on any atom is -0.495 e. The molecule has 2 aromatic carbocycles. The summed E-state index contributed by atoms with van der Waals surface area (Å²) in [6.45, 7) is 1.41. The highest BCUT2D eigenvalue weighted by molar-refractivity contribution is 7.25. The Morgan fingerprint density at radius 2 is 2.00 bits per heavy atom. The van der Waals surface area contributed by atoms with Gasteiger partial charge >= 0.3 is 5.69 Å². The molecule has 3 aromatic heterocycles. The fraction of sp³-hybridized carbons (Fsp3) is 0.174. The average molecular weight is 478 g/mol. The number of anilines is 1. The molecule has 10 nitrogen and oxygen atoms in total. The predicted octanol–water partition coefficient (Wildman–Crippen LogP) is 2.76. The molecule has 172 valence electrons. The summed E-state index contributed by atoms with van der Waals surface area (Å²) < 4.78 is 14.0. The molecule has 5 rings (SSSR count). The van der Waals surface area contributed by atoms with Gasteiger partial charge in [-0.2, -0.15) is 0 Å². The molecule has 0 spiro atoms. The first-order valence-electron chi connectivity index (χ1n) is 10.3. The highest BCUT2D eigenvalue weighted by atomic mass is 32.1. The number of amides is 1. The van der Waals surface area contributed by atoms with Crippen LogP contribution in [0, 0.1) is 6.92 Å². The number of methoxy groups -OCH3 is 1. The van der Waals surface area contributed by atoms with Crippen LogP contribution in [0.3, 0.4) is 0 Å². The van der Waals surface area contributed by atoms with E-state index in [4.69, 9.17) is 9.15 Å². The molecule has 0 saturated heterocycles. The number of aryl methyl sites for hydroxylation is 1. The first-order chi connectivity index (χ1) is 16.5. The number of thiophene rings is 1. The summed E-state index contributed by atoms with van der Waals surface area (Å²) >= 11 is 1.27. The number of ether oxygens (including phenoxy) is 1. The molecule has 0 aliphatic rings. The Balaban J connectivity index is 1.64. The molecular formula is C23H19N5O5S. The van der Waals surface area contributed by atoms with Gasteiger partial charge < -0.3 is 14.5 Å². The number of hydrogen-bond donors (Lipinski definition) is 1. The number of carbonyl (C=O) groups is 1. The molecule has 34 heavy (non-hydrogen) atoms. The van der Waals surface area contributed by atoms with E-state index in [9.17, 15) is 14.4 Å². The van der Waals surface area contributed by atoms with E-state index >= 15 is 0 Å². The zero-order chi connectivity index (χ0) is 23.8. The zero-order valence-corrected chi connectivity index (χ0v) is 19.1. The first-order valence-corrected chi connectivity index (χ1v) is 11.1. The standard InChI is InChI=1S/C23H19N5O5S/c1-13-7-8-15(16(9-13)32-2)25-18(29)10-27-20-14-5-3-4-6-17(14)34-21(20)22(30)28(23(27)31)11-19-26-24-12-33-19/h3-9,12H,10-11H2,1-2H3,(H,25,29). The van der Waals surface area contributed by atoms with Crippen molar-refractivity contribution in [3.8, 4) is 5.75 Å². The van der Waals surface area contributed by atoms with Crippen molar-refractivity contribution in [3.63, 3.8) is 0 Å². The van der Waals surface area contributed by atoms with Crippen LogP contribution in [0.15, 0.2) is 62.9 Å². The summed E-state index contributed by atoms with van der Waals surface area (Å²) in [5.41, 5.74) is 0.757. The maximum atomic E-state index is 13.5. The van der Waals surface area contributed by atoms with Crippen molar-refractivity contribution in [1.82, 2.24) is 19.3 Å².